The summed E-state index contributed by atoms with van der Waals surface area (Å²) in [6, 6.07) is 18.5. The summed E-state index contributed by atoms with van der Waals surface area (Å²) in [5, 5.41) is 6.23. The molecule has 0 aliphatic rings. The van der Waals surface area contributed by atoms with E-state index in [2.05, 4.69) is 20.6 Å². The Kier molecular flexibility index (Phi) is 6.44. The number of aromatic nitrogens is 2. The molecule has 158 valence electrons. The summed E-state index contributed by atoms with van der Waals surface area (Å²) in [6.45, 7) is 0. The lowest BCUT2D eigenvalue weighted by Crippen LogP contribution is -2.15. The predicted molar refractivity (Wildman–Crippen MR) is 126 cm³/mol. The van der Waals surface area contributed by atoms with Gasteiger partial charge in [-0.2, -0.15) is 0 Å². The molecule has 2 aromatic heterocycles. The topological polar surface area (TPSA) is 84.0 Å². The highest BCUT2D eigenvalue weighted by Gasteiger charge is 2.15. The van der Waals surface area contributed by atoms with E-state index in [9.17, 15) is 9.59 Å². The molecule has 4 aromatic rings. The highest BCUT2D eigenvalue weighted by Crippen LogP contribution is 2.30. The third-order valence-corrected chi connectivity index (χ3v) is 5.22. The SMILES string of the molecule is O=C(Nc1ccncc1)c1ccc(C(=O)Nc2ccc(Cl)c(-c3ccccn3)c2)c(Cl)c1. The van der Waals surface area contributed by atoms with E-state index in [0.717, 1.165) is 0 Å². The van der Waals surface area contributed by atoms with Gasteiger partial charge in [-0.1, -0.05) is 29.3 Å². The first-order chi connectivity index (χ1) is 15.5. The van der Waals surface area contributed by atoms with Crippen LogP contribution in [0.25, 0.3) is 11.3 Å². The van der Waals surface area contributed by atoms with Crippen molar-refractivity contribution >= 4 is 46.4 Å². The lowest BCUT2D eigenvalue weighted by Gasteiger charge is -2.11. The molecule has 0 spiro atoms. The van der Waals surface area contributed by atoms with Crippen LogP contribution in [-0.4, -0.2) is 21.8 Å². The molecule has 32 heavy (non-hydrogen) atoms. The quantitative estimate of drug-likeness (QED) is 0.383. The third kappa shape index (κ3) is 4.94. The zero-order valence-electron chi connectivity index (χ0n) is 16.5. The van der Waals surface area contributed by atoms with E-state index >= 15 is 0 Å². The van der Waals surface area contributed by atoms with Gasteiger partial charge in [0.15, 0.2) is 0 Å². The zero-order chi connectivity index (χ0) is 22.5. The maximum Gasteiger partial charge on any atom is 0.257 e. The summed E-state index contributed by atoms with van der Waals surface area (Å²) in [4.78, 5) is 33.4. The van der Waals surface area contributed by atoms with Crippen molar-refractivity contribution in [2.75, 3.05) is 10.6 Å². The molecule has 6 nitrogen and oxygen atoms in total. The smallest absolute Gasteiger partial charge is 0.257 e. The summed E-state index contributed by atoms with van der Waals surface area (Å²) >= 11 is 12.6. The largest absolute Gasteiger partial charge is 0.322 e. The van der Waals surface area contributed by atoms with Gasteiger partial charge in [0.2, 0.25) is 0 Å². The predicted octanol–water partition coefficient (Wildman–Crippen LogP) is 5.96. The molecule has 0 atom stereocenters. The van der Waals surface area contributed by atoms with E-state index in [1.165, 1.54) is 12.1 Å². The van der Waals surface area contributed by atoms with Gasteiger partial charge in [0.05, 0.1) is 21.3 Å². The van der Waals surface area contributed by atoms with Gasteiger partial charge in [0.1, 0.15) is 0 Å². The lowest BCUT2D eigenvalue weighted by atomic mass is 10.1. The second kappa shape index (κ2) is 9.60. The van der Waals surface area contributed by atoms with E-state index in [0.29, 0.717) is 33.2 Å². The van der Waals surface area contributed by atoms with Gasteiger partial charge in [-0.05, 0) is 60.7 Å². The van der Waals surface area contributed by atoms with Crippen LogP contribution in [0, 0.1) is 0 Å². The van der Waals surface area contributed by atoms with Crippen molar-refractivity contribution in [3.63, 3.8) is 0 Å². The second-order valence-electron chi connectivity index (χ2n) is 6.75. The van der Waals surface area contributed by atoms with Gasteiger partial charge in [-0.25, -0.2) is 0 Å². The number of halogens is 2. The molecule has 2 N–H and O–H groups in total. The molecule has 0 bridgehead atoms. The van der Waals surface area contributed by atoms with Crippen LogP contribution in [0.1, 0.15) is 20.7 Å². The fraction of sp³-hybridized carbons (Fsp3) is 0. The van der Waals surface area contributed by atoms with Crippen LogP contribution < -0.4 is 10.6 Å². The number of rotatable bonds is 5. The Morgan fingerprint density at radius 3 is 2.22 bits per heavy atom. The first-order valence-electron chi connectivity index (χ1n) is 9.54. The molecule has 0 aliphatic carbocycles. The van der Waals surface area contributed by atoms with Crippen molar-refractivity contribution < 1.29 is 9.59 Å². The van der Waals surface area contributed by atoms with Crippen LogP contribution in [-0.2, 0) is 0 Å². The van der Waals surface area contributed by atoms with Crippen molar-refractivity contribution in [2.45, 2.75) is 0 Å². The summed E-state index contributed by atoms with van der Waals surface area (Å²) in [7, 11) is 0. The van der Waals surface area contributed by atoms with Gasteiger partial charge < -0.3 is 10.6 Å². The van der Waals surface area contributed by atoms with Crippen LogP contribution in [0.4, 0.5) is 11.4 Å². The Hall–Kier alpha value is -3.74. The van der Waals surface area contributed by atoms with Crippen LogP contribution in [0.3, 0.4) is 0 Å². The molecule has 2 aromatic carbocycles. The molecular formula is C24H16Cl2N4O2. The Balaban J connectivity index is 1.51. The molecule has 0 fully saturated rings. The number of hydrogen-bond acceptors (Lipinski definition) is 4. The van der Waals surface area contributed by atoms with Crippen LogP contribution in [0.2, 0.25) is 10.0 Å². The van der Waals surface area contributed by atoms with E-state index in [-0.39, 0.29) is 16.5 Å². The van der Waals surface area contributed by atoms with E-state index in [1.54, 1.807) is 55.0 Å². The Bertz CT molecular complexity index is 1280. The van der Waals surface area contributed by atoms with Crippen LogP contribution >= 0.6 is 23.2 Å². The maximum absolute atomic E-state index is 12.8. The number of nitrogens with one attached hydrogen (secondary N) is 2. The number of carbonyl (C=O) groups is 2. The minimum Gasteiger partial charge on any atom is -0.322 e. The van der Waals surface area contributed by atoms with Gasteiger partial charge in [0.25, 0.3) is 11.8 Å². The molecular weight excluding hydrogens is 447 g/mol. The minimum atomic E-state index is -0.412. The van der Waals surface area contributed by atoms with Crippen molar-refractivity contribution in [1.82, 2.24) is 9.97 Å². The summed E-state index contributed by atoms with van der Waals surface area (Å²) in [6.07, 6.45) is 4.82. The first-order valence-corrected chi connectivity index (χ1v) is 10.3. The van der Waals surface area contributed by atoms with Crippen molar-refractivity contribution in [3.05, 3.63) is 106 Å². The first kappa shape index (κ1) is 21.5. The molecule has 0 saturated heterocycles. The number of hydrogen-bond donors (Lipinski definition) is 2. The lowest BCUT2D eigenvalue weighted by molar-refractivity contribution is 0.101. The molecule has 0 saturated carbocycles. The monoisotopic (exact) mass is 462 g/mol. The summed E-state index contributed by atoms with van der Waals surface area (Å²) in [5.41, 5.74) is 3.09. The average molecular weight is 463 g/mol. The molecule has 0 unspecified atom stereocenters. The number of pyridine rings is 2. The third-order valence-electron chi connectivity index (χ3n) is 4.58. The number of anilines is 2. The number of benzene rings is 2. The summed E-state index contributed by atoms with van der Waals surface area (Å²) in [5.74, 6) is -0.756. The second-order valence-corrected chi connectivity index (χ2v) is 7.56. The molecule has 4 rings (SSSR count). The zero-order valence-corrected chi connectivity index (χ0v) is 18.1. The minimum absolute atomic E-state index is 0.156. The van der Waals surface area contributed by atoms with Gasteiger partial charge in [-0.15, -0.1) is 0 Å². The molecule has 0 aliphatic heterocycles. The van der Waals surface area contributed by atoms with Crippen molar-refractivity contribution in [2.24, 2.45) is 0 Å². The Morgan fingerprint density at radius 1 is 0.719 bits per heavy atom. The molecule has 2 heterocycles. The highest BCUT2D eigenvalue weighted by atomic mass is 35.5. The Morgan fingerprint density at radius 2 is 1.50 bits per heavy atom. The fourth-order valence-electron chi connectivity index (χ4n) is 3.00. The van der Waals surface area contributed by atoms with Gasteiger partial charge >= 0.3 is 0 Å². The average Bonchev–Trinajstić information content (AvgIpc) is 2.81. The summed E-state index contributed by atoms with van der Waals surface area (Å²) < 4.78 is 0. The highest BCUT2D eigenvalue weighted by molar-refractivity contribution is 6.35. The van der Waals surface area contributed by atoms with Gasteiger partial charge in [0, 0.05) is 41.1 Å². The van der Waals surface area contributed by atoms with E-state index < -0.39 is 5.91 Å². The maximum atomic E-state index is 12.8. The standard InChI is InChI=1S/C24H16Cl2N4O2/c25-20-7-5-17(14-19(20)22-3-1-2-10-28-22)30-24(32)18-6-4-15(13-21(18)26)23(31)29-16-8-11-27-12-9-16/h1-14H,(H,30,32)(H,27,29,31). The normalized spacial score (nSPS) is 10.4. The molecule has 0 radical (unpaired) electrons. The van der Waals surface area contributed by atoms with Crippen molar-refractivity contribution in [1.29, 1.82) is 0 Å². The Labute approximate surface area is 194 Å². The van der Waals surface area contributed by atoms with Gasteiger partial charge in [-0.3, -0.25) is 19.6 Å². The van der Waals surface area contributed by atoms with E-state index in [1.807, 2.05) is 18.2 Å². The van der Waals surface area contributed by atoms with Crippen LogP contribution in [0.5, 0.6) is 0 Å². The van der Waals surface area contributed by atoms with Crippen LogP contribution in [0.15, 0.2) is 85.3 Å². The van der Waals surface area contributed by atoms with Crippen molar-refractivity contribution in [3.8, 4) is 11.3 Å². The van der Waals surface area contributed by atoms with E-state index in [4.69, 9.17) is 23.2 Å². The number of amides is 2. The fourth-order valence-corrected chi connectivity index (χ4v) is 3.48. The molecule has 8 heteroatoms. The molecule has 2 amide bonds. The number of carbonyl (C=O) groups excluding carboxylic acids is 2. The number of nitrogens with zero attached hydrogens (tertiary/aromatic N) is 2.